The fraction of sp³-hybridized carbons (Fsp3) is 0.188. The summed E-state index contributed by atoms with van der Waals surface area (Å²) in [5.41, 5.74) is 2.08. The molecule has 1 amide bonds. The summed E-state index contributed by atoms with van der Waals surface area (Å²) in [6.45, 7) is 2.35. The van der Waals surface area contributed by atoms with E-state index in [0.717, 1.165) is 5.69 Å². The fourth-order valence-corrected chi connectivity index (χ4v) is 3.06. The molecule has 6 nitrogen and oxygen atoms in total. The van der Waals surface area contributed by atoms with Gasteiger partial charge in [0, 0.05) is 0 Å². The molecule has 3 heterocycles. The number of imidazole rings is 1. The van der Waals surface area contributed by atoms with Gasteiger partial charge in [-0.3, -0.25) is 4.57 Å². The van der Waals surface area contributed by atoms with Gasteiger partial charge in [-0.2, -0.15) is 9.79 Å². The van der Waals surface area contributed by atoms with Crippen molar-refractivity contribution in [3.8, 4) is 5.69 Å². The van der Waals surface area contributed by atoms with Gasteiger partial charge < -0.3 is 4.74 Å². The second-order valence-corrected chi connectivity index (χ2v) is 5.39. The highest BCUT2D eigenvalue weighted by Crippen LogP contribution is 2.34. The molecule has 1 atom stereocenters. The number of aromatic nitrogens is 2. The number of carbonyl (C=O) groups excluding carboxylic acids is 1. The molecule has 1 unspecified atom stereocenters. The zero-order valence-electron chi connectivity index (χ0n) is 12.4. The van der Waals surface area contributed by atoms with Crippen molar-refractivity contribution in [2.24, 2.45) is 4.99 Å². The Hall–Kier alpha value is -2.80. The molecule has 2 aliphatic heterocycles. The number of amides is 1. The molecular formula is C16H14FN4O2+. The van der Waals surface area contributed by atoms with Crippen LogP contribution in [0.25, 0.3) is 5.69 Å². The third kappa shape index (κ3) is 1.86. The van der Waals surface area contributed by atoms with Gasteiger partial charge in [0.2, 0.25) is 0 Å². The summed E-state index contributed by atoms with van der Waals surface area (Å²) in [6, 6.07) is 4.42. The highest BCUT2D eigenvalue weighted by molar-refractivity contribution is 6.03. The Balaban J connectivity index is 1.99. The van der Waals surface area contributed by atoms with E-state index in [1.165, 1.54) is 12.1 Å². The lowest BCUT2D eigenvalue weighted by molar-refractivity contribution is -0.723. The van der Waals surface area contributed by atoms with Crippen molar-refractivity contribution >= 4 is 11.9 Å². The number of fused-ring (bicyclic) bond motifs is 5. The number of hydrogen-bond donors (Lipinski definition) is 0. The van der Waals surface area contributed by atoms with Crippen LogP contribution in [-0.2, 0) is 11.3 Å². The van der Waals surface area contributed by atoms with Crippen LogP contribution in [0.5, 0.6) is 0 Å². The molecule has 0 bridgehead atoms. The Morgan fingerprint density at radius 1 is 1.48 bits per heavy atom. The maximum absolute atomic E-state index is 13.8. The fourth-order valence-electron chi connectivity index (χ4n) is 3.06. The van der Waals surface area contributed by atoms with E-state index in [9.17, 15) is 9.18 Å². The molecule has 23 heavy (non-hydrogen) atoms. The van der Waals surface area contributed by atoms with Crippen molar-refractivity contribution in [2.45, 2.75) is 13.5 Å². The van der Waals surface area contributed by atoms with E-state index in [1.807, 2.05) is 0 Å². The zero-order chi connectivity index (χ0) is 16.0. The van der Waals surface area contributed by atoms with Crippen molar-refractivity contribution in [3.05, 3.63) is 60.2 Å². The summed E-state index contributed by atoms with van der Waals surface area (Å²) in [5, 5.41) is 0. The van der Waals surface area contributed by atoms with E-state index in [1.54, 1.807) is 42.5 Å². The topological polar surface area (TPSA) is 56.5 Å². The molecule has 0 aliphatic carbocycles. The van der Waals surface area contributed by atoms with Gasteiger partial charge in [-0.25, -0.2) is 9.37 Å². The first-order valence-corrected chi connectivity index (χ1v) is 7.28. The molecule has 0 spiro atoms. The van der Waals surface area contributed by atoms with E-state index in [4.69, 9.17) is 4.74 Å². The lowest BCUT2D eigenvalue weighted by atomic mass is 10.1. The monoisotopic (exact) mass is 313 g/mol. The van der Waals surface area contributed by atoms with Gasteiger partial charge in [0.1, 0.15) is 18.6 Å². The quantitative estimate of drug-likeness (QED) is 0.761. The number of amidine groups is 1. The highest BCUT2D eigenvalue weighted by atomic mass is 19.1. The van der Waals surface area contributed by atoms with Crippen LogP contribution in [-0.4, -0.2) is 32.6 Å². The molecule has 0 fully saturated rings. The van der Waals surface area contributed by atoms with E-state index in [-0.39, 0.29) is 16.9 Å². The summed E-state index contributed by atoms with van der Waals surface area (Å²) in [7, 11) is 0. The molecule has 4 rings (SSSR count). The van der Waals surface area contributed by atoms with E-state index < -0.39 is 6.09 Å². The average molecular weight is 313 g/mol. The smallest absolute Gasteiger partial charge is 0.420 e. The first-order chi connectivity index (χ1) is 11.2. The summed E-state index contributed by atoms with van der Waals surface area (Å²) in [5.74, 6) is 0.174. The van der Waals surface area contributed by atoms with Gasteiger partial charge in [-0.1, -0.05) is 0 Å². The number of carbonyl (C=O) groups is 1. The predicted octanol–water partition coefficient (Wildman–Crippen LogP) is 2.73. The number of rotatable bonds is 1. The lowest BCUT2D eigenvalue weighted by Crippen LogP contribution is -2.50. The SMILES string of the molecule is CCOC(=O)[N+]12C=CN=C1c1ccc(F)cc1-n1cncc1C2. The van der Waals surface area contributed by atoms with E-state index >= 15 is 0 Å². The Morgan fingerprint density at radius 2 is 2.35 bits per heavy atom. The van der Waals surface area contributed by atoms with Crippen molar-refractivity contribution in [1.29, 1.82) is 0 Å². The summed E-state index contributed by atoms with van der Waals surface area (Å²) in [4.78, 5) is 21.2. The Kier molecular flexibility index (Phi) is 2.92. The minimum atomic E-state index is -0.412. The van der Waals surface area contributed by atoms with Gasteiger partial charge in [-0.15, -0.1) is 4.48 Å². The first kappa shape index (κ1) is 13.8. The number of quaternary nitrogens is 1. The maximum Gasteiger partial charge on any atom is 0.527 e. The van der Waals surface area contributed by atoms with Crippen LogP contribution in [0.2, 0.25) is 0 Å². The van der Waals surface area contributed by atoms with Crippen LogP contribution >= 0.6 is 0 Å². The van der Waals surface area contributed by atoms with Crippen LogP contribution in [0.4, 0.5) is 9.18 Å². The van der Waals surface area contributed by atoms with Crippen LogP contribution in [0.15, 0.2) is 48.1 Å². The molecule has 7 heteroatoms. The Bertz CT molecular complexity index is 871. The van der Waals surface area contributed by atoms with Gasteiger partial charge in [0.15, 0.2) is 0 Å². The molecule has 1 aromatic carbocycles. The molecule has 1 aromatic heterocycles. The third-order valence-electron chi connectivity index (χ3n) is 4.08. The van der Waals surface area contributed by atoms with Gasteiger partial charge in [0.05, 0.1) is 42.3 Å². The molecule has 0 saturated heterocycles. The second-order valence-electron chi connectivity index (χ2n) is 5.39. The highest BCUT2D eigenvalue weighted by Gasteiger charge is 2.49. The molecule has 2 aromatic rings. The molecule has 2 aliphatic rings. The van der Waals surface area contributed by atoms with E-state index in [2.05, 4.69) is 9.98 Å². The molecule has 0 radical (unpaired) electrons. The van der Waals surface area contributed by atoms with Crippen LogP contribution in [0.1, 0.15) is 18.2 Å². The normalized spacial score (nSPS) is 21.0. The number of aliphatic imine (C=N–C) groups is 1. The minimum absolute atomic E-state index is 0.182. The van der Waals surface area contributed by atoms with Crippen molar-refractivity contribution < 1.29 is 18.4 Å². The van der Waals surface area contributed by atoms with Crippen LogP contribution < -0.4 is 0 Å². The van der Waals surface area contributed by atoms with Gasteiger partial charge in [-0.05, 0) is 25.1 Å². The molecular weight excluding hydrogens is 299 g/mol. The number of hydrogen-bond acceptors (Lipinski definition) is 4. The molecule has 0 N–H and O–H groups in total. The minimum Gasteiger partial charge on any atom is -0.420 e. The largest absolute Gasteiger partial charge is 0.527 e. The first-order valence-electron chi connectivity index (χ1n) is 7.28. The standard InChI is InChI=1S/C16H14FN4O2/c1-2-23-16(22)21-6-5-19-15(21)13-4-3-11(17)7-14(13)20-10-18-8-12(20)9-21/h3-8,10H,2,9H2,1H3/q+1. The summed E-state index contributed by atoms with van der Waals surface area (Å²) < 4.78 is 20.6. The van der Waals surface area contributed by atoms with Crippen LogP contribution in [0, 0.1) is 5.82 Å². The Labute approximate surface area is 131 Å². The number of benzene rings is 1. The number of halogens is 1. The van der Waals surface area contributed by atoms with E-state index in [0.29, 0.717) is 23.6 Å². The van der Waals surface area contributed by atoms with Gasteiger partial charge in [0.25, 0.3) is 5.84 Å². The second kappa shape index (κ2) is 4.85. The van der Waals surface area contributed by atoms with Crippen molar-refractivity contribution in [1.82, 2.24) is 9.55 Å². The lowest BCUT2D eigenvalue weighted by Gasteiger charge is -2.26. The average Bonchev–Trinajstić information content (AvgIpc) is 3.14. The molecule has 0 saturated carbocycles. The van der Waals surface area contributed by atoms with Crippen LogP contribution in [0.3, 0.4) is 0 Å². The van der Waals surface area contributed by atoms with Crippen molar-refractivity contribution in [2.75, 3.05) is 6.61 Å². The predicted molar refractivity (Wildman–Crippen MR) is 80.2 cm³/mol. The third-order valence-corrected chi connectivity index (χ3v) is 4.08. The maximum atomic E-state index is 13.8. The Morgan fingerprint density at radius 3 is 3.17 bits per heavy atom. The summed E-state index contributed by atoms with van der Waals surface area (Å²) in [6.07, 6.45) is 6.16. The van der Waals surface area contributed by atoms with Gasteiger partial charge >= 0.3 is 6.09 Å². The number of ether oxygens (including phenoxy) is 1. The summed E-state index contributed by atoms with van der Waals surface area (Å²) >= 11 is 0. The number of nitrogens with zero attached hydrogens (tertiary/aromatic N) is 4. The zero-order valence-corrected chi connectivity index (χ0v) is 12.4. The van der Waals surface area contributed by atoms with Crippen molar-refractivity contribution in [3.63, 3.8) is 0 Å². The molecule has 116 valence electrons.